The van der Waals surface area contributed by atoms with Gasteiger partial charge in [-0.1, -0.05) is 12.1 Å². The van der Waals surface area contributed by atoms with E-state index in [-0.39, 0.29) is 13.0 Å². The minimum absolute atomic E-state index is 0.0610. The number of amides is 1. The molecule has 0 fully saturated rings. The quantitative estimate of drug-likeness (QED) is 0.820. The molecule has 0 spiro atoms. The highest BCUT2D eigenvalue weighted by atomic mass is 19.4. The molecule has 0 bridgehead atoms. The van der Waals surface area contributed by atoms with Crippen molar-refractivity contribution < 1.29 is 27.5 Å². The summed E-state index contributed by atoms with van der Waals surface area (Å²) in [4.78, 5) is 15.2. The van der Waals surface area contributed by atoms with Gasteiger partial charge < -0.3 is 4.74 Å². The molecule has 1 aromatic carbocycles. The number of hydrogen-bond acceptors (Lipinski definition) is 3. The molecule has 20 heavy (non-hydrogen) atoms. The van der Waals surface area contributed by atoms with Gasteiger partial charge in [0, 0.05) is 0 Å². The fourth-order valence-electron chi connectivity index (χ4n) is 1.38. The Bertz CT molecular complexity index is 461. The lowest BCUT2D eigenvalue weighted by molar-refractivity contribution is -0.191. The molecule has 0 saturated heterocycles. The average Bonchev–Trinajstić information content (AvgIpc) is 2.33. The van der Waals surface area contributed by atoms with Crippen LogP contribution in [0.15, 0.2) is 18.2 Å². The lowest BCUT2D eigenvalue weighted by Crippen LogP contribution is -2.30. The molecule has 1 N–H and O–H groups in total. The number of halogens is 3. The smallest absolute Gasteiger partial charge is 0.414 e. The molecule has 0 radical (unpaired) electrons. The summed E-state index contributed by atoms with van der Waals surface area (Å²) in [5.41, 5.74) is 3.73. The van der Waals surface area contributed by atoms with Crippen molar-refractivity contribution in [2.24, 2.45) is 0 Å². The van der Waals surface area contributed by atoms with Gasteiger partial charge in [-0.3, -0.25) is 9.63 Å². The van der Waals surface area contributed by atoms with E-state index in [2.05, 4.69) is 4.84 Å². The molecule has 0 saturated carbocycles. The van der Waals surface area contributed by atoms with Crippen molar-refractivity contribution in [3.63, 3.8) is 0 Å². The second-order valence-electron chi connectivity index (χ2n) is 4.23. The molecule has 112 valence electrons. The van der Waals surface area contributed by atoms with Gasteiger partial charge in [-0.2, -0.15) is 13.2 Å². The minimum atomic E-state index is -4.47. The van der Waals surface area contributed by atoms with Crippen LogP contribution in [0.1, 0.15) is 17.5 Å². The predicted molar refractivity (Wildman–Crippen MR) is 66.2 cm³/mol. The van der Waals surface area contributed by atoms with Crippen molar-refractivity contribution in [3.05, 3.63) is 29.3 Å². The zero-order valence-corrected chi connectivity index (χ0v) is 11.2. The lowest BCUT2D eigenvalue weighted by Gasteiger charge is -2.11. The van der Waals surface area contributed by atoms with E-state index in [4.69, 9.17) is 4.74 Å². The zero-order valence-electron chi connectivity index (χ0n) is 11.2. The van der Waals surface area contributed by atoms with Crippen molar-refractivity contribution in [1.82, 2.24) is 5.48 Å². The minimum Gasteiger partial charge on any atom is -0.493 e. The van der Waals surface area contributed by atoms with E-state index in [1.165, 1.54) is 0 Å². The SMILES string of the molecule is Cc1cccc(OCCC(=O)NOCC(F)(F)F)c1C. The molecule has 1 rings (SSSR count). The molecule has 0 aliphatic heterocycles. The van der Waals surface area contributed by atoms with Gasteiger partial charge in [-0.05, 0) is 31.0 Å². The summed E-state index contributed by atoms with van der Waals surface area (Å²) >= 11 is 0. The summed E-state index contributed by atoms with van der Waals surface area (Å²) in [6, 6.07) is 5.52. The number of hydrogen-bond donors (Lipinski definition) is 1. The van der Waals surface area contributed by atoms with Crippen molar-refractivity contribution in [3.8, 4) is 5.75 Å². The summed E-state index contributed by atoms with van der Waals surface area (Å²) in [5.74, 6) is -0.0198. The van der Waals surface area contributed by atoms with Crippen molar-refractivity contribution in [2.75, 3.05) is 13.2 Å². The molecule has 0 heterocycles. The van der Waals surface area contributed by atoms with E-state index >= 15 is 0 Å². The van der Waals surface area contributed by atoms with Crippen LogP contribution >= 0.6 is 0 Å². The van der Waals surface area contributed by atoms with Crippen molar-refractivity contribution in [2.45, 2.75) is 26.4 Å². The number of rotatable bonds is 6. The number of alkyl halides is 3. The van der Waals surface area contributed by atoms with Crippen molar-refractivity contribution >= 4 is 5.91 Å². The standard InChI is InChI=1S/C13H16F3NO3/c1-9-4-3-5-11(10(9)2)19-7-6-12(18)17-20-8-13(14,15)16/h3-5H,6-8H2,1-2H3,(H,17,18). The monoisotopic (exact) mass is 291 g/mol. The first-order valence-corrected chi connectivity index (χ1v) is 5.96. The summed E-state index contributed by atoms with van der Waals surface area (Å²) in [6.45, 7) is 2.36. The highest BCUT2D eigenvalue weighted by Gasteiger charge is 2.28. The zero-order chi connectivity index (χ0) is 15.2. The third kappa shape index (κ3) is 5.92. The Morgan fingerprint density at radius 3 is 2.65 bits per heavy atom. The first-order chi connectivity index (χ1) is 9.29. The molecule has 7 heteroatoms. The third-order valence-electron chi connectivity index (χ3n) is 2.56. The second-order valence-corrected chi connectivity index (χ2v) is 4.23. The molecule has 0 atom stereocenters. The van der Waals surface area contributed by atoms with E-state index in [0.29, 0.717) is 5.75 Å². The number of ether oxygens (including phenoxy) is 1. The number of nitrogens with one attached hydrogen (secondary N) is 1. The maximum atomic E-state index is 11.8. The van der Waals surface area contributed by atoms with Gasteiger partial charge in [0.05, 0.1) is 13.0 Å². The van der Waals surface area contributed by atoms with Gasteiger partial charge in [0.25, 0.3) is 0 Å². The first kappa shape index (κ1) is 16.3. The van der Waals surface area contributed by atoms with Crippen LogP contribution in [-0.2, 0) is 9.63 Å². The summed E-state index contributed by atoms with van der Waals surface area (Å²) < 4.78 is 40.7. The number of carbonyl (C=O) groups is 1. The van der Waals surface area contributed by atoms with Crippen molar-refractivity contribution in [1.29, 1.82) is 0 Å². The summed E-state index contributed by atoms with van der Waals surface area (Å²) in [5, 5.41) is 0. The number of hydroxylamine groups is 1. The van der Waals surface area contributed by atoms with Crippen LogP contribution in [-0.4, -0.2) is 25.3 Å². The Kier molecular flexibility index (Phi) is 5.82. The lowest BCUT2D eigenvalue weighted by atomic mass is 10.1. The molecule has 0 aliphatic rings. The van der Waals surface area contributed by atoms with Gasteiger partial charge in [-0.15, -0.1) is 0 Å². The van der Waals surface area contributed by atoms with E-state index in [1.54, 1.807) is 11.5 Å². The van der Waals surface area contributed by atoms with Crippen LogP contribution in [0.2, 0.25) is 0 Å². The van der Waals surface area contributed by atoms with Crippen LogP contribution in [0.5, 0.6) is 5.75 Å². The van der Waals surface area contributed by atoms with Crippen LogP contribution in [0.4, 0.5) is 13.2 Å². The van der Waals surface area contributed by atoms with Gasteiger partial charge in [0.2, 0.25) is 5.91 Å². The van der Waals surface area contributed by atoms with Gasteiger partial charge in [0.1, 0.15) is 5.75 Å². The molecular formula is C13H16F3NO3. The Morgan fingerprint density at radius 1 is 1.30 bits per heavy atom. The fraction of sp³-hybridized carbons (Fsp3) is 0.462. The van der Waals surface area contributed by atoms with Crippen LogP contribution < -0.4 is 10.2 Å². The normalized spacial score (nSPS) is 11.2. The maximum Gasteiger partial charge on any atom is 0.414 e. The number of aryl methyl sites for hydroxylation is 1. The molecule has 1 aromatic rings. The van der Waals surface area contributed by atoms with Crippen LogP contribution in [0.25, 0.3) is 0 Å². The fourth-order valence-corrected chi connectivity index (χ4v) is 1.38. The molecule has 0 aliphatic carbocycles. The van der Waals surface area contributed by atoms with E-state index in [1.807, 2.05) is 26.0 Å². The Balaban J connectivity index is 2.27. The number of benzene rings is 1. The average molecular weight is 291 g/mol. The molecular weight excluding hydrogens is 275 g/mol. The molecule has 4 nitrogen and oxygen atoms in total. The predicted octanol–water partition coefficient (Wildman–Crippen LogP) is 2.68. The topological polar surface area (TPSA) is 47.6 Å². The van der Waals surface area contributed by atoms with Gasteiger partial charge >= 0.3 is 6.18 Å². The Labute approximate surface area is 114 Å². The number of carbonyl (C=O) groups excluding carboxylic acids is 1. The highest BCUT2D eigenvalue weighted by Crippen LogP contribution is 2.20. The molecule has 0 aromatic heterocycles. The van der Waals surface area contributed by atoms with Crippen LogP contribution in [0.3, 0.4) is 0 Å². The van der Waals surface area contributed by atoms with Gasteiger partial charge in [0.15, 0.2) is 6.61 Å². The second kappa shape index (κ2) is 7.14. The summed E-state index contributed by atoms with van der Waals surface area (Å²) in [6.07, 6.45) is -4.56. The largest absolute Gasteiger partial charge is 0.493 e. The van der Waals surface area contributed by atoms with Gasteiger partial charge in [-0.25, -0.2) is 5.48 Å². The summed E-state index contributed by atoms with van der Waals surface area (Å²) in [7, 11) is 0. The Hall–Kier alpha value is -1.76. The van der Waals surface area contributed by atoms with E-state index < -0.39 is 18.7 Å². The maximum absolute atomic E-state index is 11.8. The third-order valence-corrected chi connectivity index (χ3v) is 2.56. The van der Waals surface area contributed by atoms with Crippen LogP contribution in [0, 0.1) is 13.8 Å². The van der Waals surface area contributed by atoms with E-state index in [0.717, 1.165) is 11.1 Å². The molecule has 1 amide bonds. The first-order valence-electron chi connectivity index (χ1n) is 5.96. The van der Waals surface area contributed by atoms with E-state index in [9.17, 15) is 18.0 Å². The highest BCUT2D eigenvalue weighted by molar-refractivity contribution is 5.74. The Morgan fingerprint density at radius 2 is 2.00 bits per heavy atom. The molecule has 0 unspecified atom stereocenters.